The summed E-state index contributed by atoms with van der Waals surface area (Å²) in [4.78, 5) is 15.9. The van der Waals surface area contributed by atoms with Crippen LogP contribution in [0.4, 0.5) is 0 Å². The molecule has 6 heteroatoms. The minimum absolute atomic E-state index is 0. The standard InChI is InChI=1S/C4H3ClN2O2.ClH/c5-4-6-1-2(7-4)3(8)9;/h1H,(H,6,7)(H,8,9);1H. The predicted molar refractivity (Wildman–Crippen MR) is 37.8 cm³/mol. The first-order valence-electron chi connectivity index (χ1n) is 2.14. The second-order valence-electron chi connectivity index (χ2n) is 1.39. The number of nitrogens with one attached hydrogen (secondary N) is 1. The number of nitrogens with zero attached hydrogens (tertiary/aromatic N) is 1. The van der Waals surface area contributed by atoms with Crippen LogP contribution in [0.3, 0.4) is 0 Å². The number of imidazole rings is 1. The Labute approximate surface area is 67.6 Å². The SMILES string of the molecule is Cl.O=C(O)c1cnc(Cl)[nH]1. The molecule has 0 bridgehead atoms. The van der Waals surface area contributed by atoms with E-state index in [-0.39, 0.29) is 23.4 Å². The van der Waals surface area contributed by atoms with E-state index in [1.807, 2.05) is 0 Å². The zero-order chi connectivity index (χ0) is 6.85. The molecule has 1 aromatic rings. The minimum Gasteiger partial charge on any atom is -0.477 e. The Balaban J connectivity index is 0.000000810. The summed E-state index contributed by atoms with van der Waals surface area (Å²) in [6.07, 6.45) is 1.16. The van der Waals surface area contributed by atoms with Crippen LogP contribution in [0.1, 0.15) is 10.5 Å². The average molecular weight is 183 g/mol. The van der Waals surface area contributed by atoms with E-state index in [4.69, 9.17) is 16.7 Å². The van der Waals surface area contributed by atoms with Crippen molar-refractivity contribution in [3.63, 3.8) is 0 Å². The maximum Gasteiger partial charge on any atom is 0.354 e. The van der Waals surface area contributed by atoms with Gasteiger partial charge in [0, 0.05) is 0 Å². The number of carboxylic acid groups (broad SMARTS) is 1. The normalized spacial score (nSPS) is 8.50. The lowest BCUT2D eigenvalue weighted by Gasteiger charge is -1.80. The summed E-state index contributed by atoms with van der Waals surface area (Å²) >= 11 is 5.27. The average Bonchev–Trinajstić information content (AvgIpc) is 2.14. The highest BCUT2D eigenvalue weighted by Crippen LogP contribution is 2.01. The summed E-state index contributed by atoms with van der Waals surface area (Å²) in [6.45, 7) is 0. The summed E-state index contributed by atoms with van der Waals surface area (Å²) in [6, 6.07) is 0. The van der Waals surface area contributed by atoms with Crippen LogP contribution >= 0.6 is 24.0 Å². The van der Waals surface area contributed by atoms with Gasteiger partial charge in [-0.3, -0.25) is 0 Å². The Kier molecular flexibility index (Phi) is 3.18. The Morgan fingerprint density at radius 1 is 1.80 bits per heavy atom. The smallest absolute Gasteiger partial charge is 0.354 e. The number of hydrogen-bond donors (Lipinski definition) is 2. The second kappa shape index (κ2) is 3.43. The van der Waals surface area contributed by atoms with Crippen molar-refractivity contribution in [1.82, 2.24) is 9.97 Å². The van der Waals surface area contributed by atoms with E-state index in [1.54, 1.807) is 0 Å². The zero-order valence-electron chi connectivity index (χ0n) is 4.67. The van der Waals surface area contributed by atoms with Crippen LogP contribution in [0.2, 0.25) is 5.28 Å². The van der Waals surface area contributed by atoms with Gasteiger partial charge in [0.1, 0.15) is 5.69 Å². The van der Waals surface area contributed by atoms with Gasteiger partial charge >= 0.3 is 5.97 Å². The van der Waals surface area contributed by atoms with Gasteiger partial charge in [-0.15, -0.1) is 12.4 Å². The van der Waals surface area contributed by atoms with Gasteiger partial charge in [-0.1, -0.05) is 0 Å². The van der Waals surface area contributed by atoms with E-state index < -0.39 is 5.97 Å². The number of hydrogen-bond acceptors (Lipinski definition) is 2. The molecule has 56 valence electrons. The molecule has 2 N–H and O–H groups in total. The lowest BCUT2D eigenvalue weighted by molar-refractivity contribution is 0.0691. The predicted octanol–water partition coefficient (Wildman–Crippen LogP) is 1.18. The van der Waals surface area contributed by atoms with Gasteiger partial charge < -0.3 is 10.1 Å². The Hall–Kier alpha value is -0.740. The van der Waals surface area contributed by atoms with Crippen LogP contribution in [0, 0.1) is 0 Å². The van der Waals surface area contributed by atoms with Crippen LogP contribution in [0.15, 0.2) is 6.20 Å². The Bertz CT molecular complexity index is 235. The first kappa shape index (κ1) is 9.26. The van der Waals surface area contributed by atoms with Crippen LogP contribution < -0.4 is 0 Å². The highest BCUT2D eigenvalue weighted by molar-refractivity contribution is 6.28. The van der Waals surface area contributed by atoms with E-state index in [0.717, 1.165) is 6.20 Å². The summed E-state index contributed by atoms with van der Waals surface area (Å²) in [5.41, 5.74) is 0.000000000000000444. The maximum atomic E-state index is 10.1. The monoisotopic (exact) mass is 182 g/mol. The van der Waals surface area contributed by atoms with E-state index in [0.29, 0.717) is 0 Å². The van der Waals surface area contributed by atoms with E-state index >= 15 is 0 Å². The zero-order valence-corrected chi connectivity index (χ0v) is 6.24. The molecule has 0 saturated carbocycles. The molecule has 0 atom stereocenters. The largest absolute Gasteiger partial charge is 0.477 e. The van der Waals surface area contributed by atoms with Gasteiger partial charge in [0.05, 0.1) is 6.20 Å². The van der Waals surface area contributed by atoms with Gasteiger partial charge in [-0.05, 0) is 11.6 Å². The van der Waals surface area contributed by atoms with Gasteiger partial charge in [0.25, 0.3) is 0 Å². The molecule has 0 radical (unpaired) electrons. The maximum absolute atomic E-state index is 10.1. The van der Waals surface area contributed by atoms with Crippen molar-refractivity contribution in [2.24, 2.45) is 0 Å². The Morgan fingerprint density at radius 2 is 2.40 bits per heavy atom. The number of carbonyl (C=O) groups is 1. The molecule has 0 aliphatic rings. The van der Waals surface area contributed by atoms with Crippen molar-refractivity contribution in [3.05, 3.63) is 17.2 Å². The first-order chi connectivity index (χ1) is 4.20. The lowest BCUT2D eigenvalue weighted by Crippen LogP contribution is -1.94. The summed E-state index contributed by atoms with van der Waals surface area (Å²) in [5.74, 6) is -1.06. The number of halogens is 2. The van der Waals surface area contributed by atoms with Gasteiger partial charge in [-0.2, -0.15) is 0 Å². The molecule has 0 spiro atoms. The fraction of sp³-hybridized carbons (Fsp3) is 0. The molecule has 0 aliphatic heterocycles. The fourth-order valence-corrected chi connectivity index (χ4v) is 0.556. The van der Waals surface area contributed by atoms with Gasteiger partial charge in [0.15, 0.2) is 0 Å². The van der Waals surface area contributed by atoms with Crippen LogP contribution in [0.25, 0.3) is 0 Å². The molecule has 1 heterocycles. The molecule has 0 fully saturated rings. The van der Waals surface area contributed by atoms with Crippen molar-refractivity contribution in [2.45, 2.75) is 0 Å². The van der Waals surface area contributed by atoms with Crippen LogP contribution in [0.5, 0.6) is 0 Å². The minimum atomic E-state index is -1.06. The topological polar surface area (TPSA) is 66.0 Å². The van der Waals surface area contributed by atoms with Gasteiger partial charge in [-0.25, -0.2) is 9.78 Å². The number of rotatable bonds is 1. The Morgan fingerprint density at radius 3 is 2.60 bits per heavy atom. The van der Waals surface area contributed by atoms with Crippen molar-refractivity contribution in [2.75, 3.05) is 0 Å². The third-order valence-electron chi connectivity index (χ3n) is 0.775. The first-order valence-corrected chi connectivity index (χ1v) is 2.52. The van der Waals surface area contributed by atoms with Crippen molar-refractivity contribution < 1.29 is 9.90 Å². The molecule has 0 aliphatic carbocycles. The molecule has 10 heavy (non-hydrogen) atoms. The molecular weight excluding hydrogens is 179 g/mol. The summed E-state index contributed by atoms with van der Waals surface area (Å²) in [5, 5.41) is 8.36. The summed E-state index contributed by atoms with van der Waals surface area (Å²) in [7, 11) is 0. The van der Waals surface area contributed by atoms with E-state index in [1.165, 1.54) is 0 Å². The molecule has 0 amide bonds. The summed E-state index contributed by atoms with van der Waals surface area (Å²) < 4.78 is 0. The quantitative estimate of drug-likeness (QED) is 0.686. The third kappa shape index (κ3) is 1.89. The number of aromatic nitrogens is 2. The molecule has 1 rings (SSSR count). The molecule has 0 unspecified atom stereocenters. The van der Waals surface area contributed by atoms with E-state index in [9.17, 15) is 4.79 Å². The van der Waals surface area contributed by atoms with Crippen LogP contribution in [-0.2, 0) is 0 Å². The van der Waals surface area contributed by atoms with E-state index in [2.05, 4.69) is 9.97 Å². The second-order valence-corrected chi connectivity index (χ2v) is 1.75. The van der Waals surface area contributed by atoms with Gasteiger partial charge in [0.2, 0.25) is 5.28 Å². The third-order valence-corrected chi connectivity index (χ3v) is 0.967. The van der Waals surface area contributed by atoms with Crippen LogP contribution in [-0.4, -0.2) is 21.0 Å². The molecular formula is C4H4Cl2N2O2. The van der Waals surface area contributed by atoms with Crippen molar-refractivity contribution >= 4 is 30.0 Å². The molecule has 4 nitrogen and oxygen atoms in total. The highest BCUT2D eigenvalue weighted by atomic mass is 35.5. The van der Waals surface area contributed by atoms with Crippen molar-refractivity contribution in [3.8, 4) is 0 Å². The van der Waals surface area contributed by atoms with Crippen molar-refractivity contribution in [1.29, 1.82) is 0 Å². The molecule has 1 aromatic heterocycles. The number of H-pyrrole nitrogens is 1. The fourth-order valence-electron chi connectivity index (χ4n) is 0.406. The highest BCUT2D eigenvalue weighted by Gasteiger charge is 2.03. The molecule has 0 saturated heterocycles. The lowest BCUT2D eigenvalue weighted by atomic mass is 10.5. The number of aromatic carboxylic acids is 1. The molecule has 0 aromatic carbocycles. The number of carboxylic acids is 1. The number of aromatic amines is 1.